The zero-order valence-electron chi connectivity index (χ0n) is 41.5. The fourth-order valence-electron chi connectivity index (χ4n) is 8.29. The van der Waals surface area contributed by atoms with Gasteiger partial charge in [-0.15, -0.1) is 0 Å². The number of hydrogen-bond donors (Lipinski definition) is 6. The van der Waals surface area contributed by atoms with E-state index in [4.69, 9.17) is 29.2 Å². The number of ether oxygens (including phenoxy) is 3. The number of phenolic OH excluding ortho intramolecular Hbond substituents is 3. The van der Waals surface area contributed by atoms with Crippen LogP contribution in [0.25, 0.3) is 34.2 Å². The molecule has 0 amide bonds. The minimum absolute atomic E-state index is 0.0261. The zero-order chi connectivity index (χ0) is 50.5. The summed E-state index contributed by atoms with van der Waals surface area (Å²) >= 11 is 0. The number of aliphatic carboxylic acids is 3. The number of carboxylic acids is 3. The monoisotopic (exact) mass is 958 g/mol. The molecule has 0 aliphatic carbocycles. The molecular formula is C54H75N3O12. The molecule has 0 aliphatic rings. The summed E-state index contributed by atoms with van der Waals surface area (Å²) in [7, 11) is 0. The number of hydrogen-bond acceptors (Lipinski definition) is 12. The number of benzene rings is 3. The van der Waals surface area contributed by atoms with Crippen molar-refractivity contribution in [1.82, 2.24) is 15.0 Å². The molecule has 0 fully saturated rings. The second-order valence-electron chi connectivity index (χ2n) is 18.0. The molecule has 4 rings (SSSR count). The Labute approximate surface area is 407 Å². The average molecular weight is 958 g/mol. The first-order chi connectivity index (χ1) is 33.1. The lowest BCUT2D eigenvalue weighted by Crippen LogP contribution is -2.24. The van der Waals surface area contributed by atoms with E-state index in [1.807, 2.05) is 0 Å². The first-order valence-electron chi connectivity index (χ1n) is 25.1. The maximum absolute atomic E-state index is 12.9. The van der Waals surface area contributed by atoms with Crippen molar-refractivity contribution in [3.63, 3.8) is 0 Å². The van der Waals surface area contributed by atoms with E-state index in [9.17, 15) is 45.0 Å². The highest BCUT2D eigenvalue weighted by atomic mass is 16.5. The third-order valence-electron chi connectivity index (χ3n) is 12.3. The van der Waals surface area contributed by atoms with Crippen LogP contribution < -0.4 is 14.2 Å². The van der Waals surface area contributed by atoms with Gasteiger partial charge >= 0.3 is 17.9 Å². The van der Waals surface area contributed by atoms with Crippen molar-refractivity contribution >= 4 is 17.9 Å². The Balaban J connectivity index is 2.09. The maximum Gasteiger partial charge on any atom is 0.344 e. The average Bonchev–Trinajstić information content (AvgIpc) is 3.31. The predicted octanol–water partition coefficient (Wildman–Crippen LogP) is 12.3. The number of phenols is 3. The smallest absolute Gasteiger partial charge is 0.344 e. The largest absolute Gasteiger partial charge is 0.507 e. The lowest BCUT2D eigenvalue weighted by atomic mass is 9.86. The van der Waals surface area contributed by atoms with E-state index in [1.54, 1.807) is 0 Å². The molecule has 3 aromatic carbocycles. The Morgan fingerprint density at radius 3 is 1.20 bits per heavy atom. The highest BCUT2D eigenvalue weighted by Crippen LogP contribution is 2.47. The Kier molecular flexibility index (Phi) is 22.8. The molecule has 378 valence electrons. The molecular weight excluding hydrogens is 883 g/mol. The number of aromatic hydroxyl groups is 3. The van der Waals surface area contributed by atoms with Gasteiger partial charge in [-0.3, -0.25) is 0 Å². The van der Waals surface area contributed by atoms with Gasteiger partial charge < -0.3 is 44.8 Å². The van der Waals surface area contributed by atoms with Crippen LogP contribution in [0.15, 0.2) is 36.4 Å². The second-order valence-corrected chi connectivity index (χ2v) is 18.0. The van der Waals surface area contributed by atoms with Gasteiger partial charge in [-0.25, -0.2) is 29.3 Å². The fourth-order valence-corrected chi connectivity index (χ4v) is 8.29. The van der Waals surface area contributed by atoms with Crippen molar-refractivity contribution in [2.75, 3.05) is 0 Å². The maximum atomic E-state index is 12.9. The first kappa shape index (κ1) is 55.5. The Morgan fingerprint density at radius 2 is 0.812 bits per heavy atom. The number of nitrogens with zero attached hydrogens (tertiary/aromatic N) is 3. The third-order valence-corrected chi connectivity index (χ3v) is 12.3. The van der Waals surface area contributed by atoms with Gasteiger partial charge in [0.15, 0.2) is 35.8 Å². The summed E-state index contributed by atoms with van der Waals surface area (Å²) < 4.78 is 17.5. The molecule has 0 spiro atoms. The third kappa shape index (κ3) is 16.5. The van der Waals surface area contributed by atoms with Gasteiger partial charge in [0.05, 0.1) is 16.7 Å². The zero-order valence-corrected chi connectivity index (χ0v) is 41.5. The van der Waals surface area contributed by atoms with E-state index in [2.05, 4.69) is 20.8 Å². The van der Waals surface area contributed by atoms with Crippen LogP contribution in [0.3, 0.4) is 0 Å². The Morgan fingerprint density at radius 1 is 0.464 bits per heavy atom. The molecule has 1 heterocycles. The van der Waals surface area contributed by atoms with Crippen LogP contribution in [-0.4, -0.2) is 81.8 Å². The minimum Gasteiger partial charge on any atom is -0.507 e. The van der Waals surface area contributed by atoms with Crippen molar-refractivity contribution in [3.05, 3.63) is 53.1 Å². The number of carbonyl (C=O) groups is 3. The van der Waals surface area contributed by atoms with Crippen molar-refractivity contribution in [1.29, 1.82) is 0 Å². The molecule has 15 heteroatoms. The van der Waals surface area contributed by atoms with Crippen LogP contribution in [0.5, 0.6) is 34.5 Å². The standard InChI is InChI=1S/C54H75N3O12/c1-7-10-13-16-19-22-25-39-40(26-23-20-17-14-11-8-2)48(69-36(6)54(65)66)43(27-24-21-18-15-12-9-3)47(60)46(39)51-56-49(41-30-28-37(32-44(41)58)67-34(4)52(61)62)55-50(57-51)42-31-29-38(33-45(42)59)68-35(5)53(63)64/h28-36,58-60H,7-27H2,1-6H3,(H,61,62)(H,63,64)(H,65,66). The summed E-state index contributed by atoms with van der Waals surface area (Å²) in [5.41, 5.74) is 2.49. The molecule has 0 radical (unpaired) electrons. The molecule has 0 bridgehead atoms. The normalized spacial score (nSPS) is 12.6. The number of carboxylic acid groups (broad SMARTS) is 3. The Hall–Kier alpha value is -6.12. The van der Waals surface area contributed by atoms with Crippen molar-refractivity contribution in [2.24, 2.45) is 0 Å². The summed E-state index contributed by atoms with van der Waals surface area (Å²) in [6.07, 6.45) is 15.6. The number of rotatable bonds is 33. The van der Waals surface area contributed by atoms with Gasteiger partial charge in [0.2, 0.25) is 0 Å². The molecule has 0 saturated carbocycles. The SMILES string of the molecule is CCCCCCCCc1c(O)c(-c2nc(-c3ccc(OC(C)C(=O)O)cc3O)nc(-c3ccc(OC(C)C(=O)O)cc3O)n2)c(CCCCCCCC)c(CCCCCCCC)c1OC(C)C(=O)O. The minimum atomic E-state index is -1.22. The predicted molar refractivity (Wildman–Crippen MR) is 266 cm³/mol. The van der Waals surface area contributed by atoms with Crippen LogP contribution in [0.4, 0.5) is 0 Å². The van der Waals surface area contributed by atoms with Gasteiger partial charge in [0.25, 0.3) is 0 Å². The lowest BCUT2D eigenvalue weighted by Gasteiger charge is -2.26. The Bertz CT molecular complexity index is 2210. The van der Waals surface area contributed by atoms with Gasteiger partial charge in [0, 0.05) is 17.7 Å². The van der Waals surface area contributed by atoms with E-state index in [0.717, 1.165) is 115 Å². The first-order valence-corrected chi connectivity index (χ1v) is 25.1. The molecule has 1 aromatic heterocycles. The molecule has 15 nitrogen and oxygen atoms in total. The second kappa shape index (κ2) is 28.4. The van der Waals surface area contributed by atoms with Gasteiger partial charge in [-0.2, -0.15) is 0 Å². The topological polar surface area (TPSA) is 239 Å². The van der Waals surface area contributed by atoms with E-state index in [1.165, 1.54) is 57.2 Å². The van der Waals surface area contributed by atoms with E-state index in [-0.39, 0.29) is 57.3 Å². The summed E-state index contributed by atoms with van der Waals surface area (Å²) in [5, 5.41) is 65.0. The van der Waals surface area contributed by atoms with E-state index >= 15 is 0 Å². The van der Waals surface area contributed by atoms with Crippen molar-refractivity contribution < 1.29 is 59.2 Å². The van der Waals surface area contributed by atoms with Crippen LogP contribution in [-0.2, 0) is 33.6 Å². The van der Waals surface area contributed by atoms with Crippen LogP contribution >= 0.6 is 0 Å². The molecule has 69 heavy (non-hydrogen) atoms. The number of aromatic nitrogens is 3. The molecule has 3 unspecified atom stereocenters. The molecule has 0 aliphatic heterocycles. The quantitative estimate of drug-likeness (QED) is 0.0243. The molecule has 0 saturated heterocycles. The van der Waals surface area contributed by atoms with E-state index in [0.29, 0.717) is 48.1 Å². The van der Waals surface area contributed by atoms with Crippen molar-refractivity contribution in [3.8, 4) is 68.7 Å². The fraction of sp³-hybridized carbons (Fsp3) is 0.556. The van der Waals surface area contributed by atoms with Gasteiger partial charge in [0.1, 0.15) is 34.5 Å². The molecule has 6 N–H and O–H groups in total. The van der Waals surface area contributed by atoms with Crippen LogP contribution in [0.1, 0.15) is 174 Å². The number of unbranched alkanes of at least 4 members (excludes halogenated alkanes) is 15. The molecule has 3 atom stereocenters. The molecule has 4 aromatic rings. The van der Waals surface area contributed by atoms with Gasteiger partial charge in [-0.1, -0.05) is 117 Å². The lowest BCUT2D eigenvalue weighted by molar-refractivity contribution is -0.145. The summed E-state index contributed by atoms with van der Waals surface area (Å²) in [5.74, 6) is -3.94. The van der Waals surface area contributed by atoms with Gasteiger partial charge in [-0.05, 0) is 94.7 Å². The summed E-state index contributed by atoms with van der Waals surface area (Å²) in [6, 6.07) is 8.39. The summed E-state index contributed by atoms with van der Waals surface area (Å²) in [6.45, 7) is 10.7. The van der Waals surface area contributed by atoms with Crippen molar-refractivity contribution in [2.45, 2.75) is 195 Å². The highest BCUT2D eigenvalue weighted by molar-refractivity contribution is 5.80. The summed E-state index contributed by atoms with van der Waals surface area (Å²) in [4.78, 5) is 50.3. The van der Waals surface area contributed by atoms with Crippen LogP contribution in [0, 0.1) is 0 Å². The highest BCUT2D eigenvalue weighted by Gasteiger charge is 2.30. The van der Waals surface area contributed by atoms with E-state index < -0.39 is 36.2 Å². The van der Waals surface area contributed by atoms with Crippen LogP contribution in [0.2, 0.25) is 0 Å².